The first-order valence-electron chi connectivity index (χ1n) is 7.30. The maximum Gasteiger partial charge on any atom is 0.534 e. The van der Waals surface area contributed by atoms with Gasteiger partial charge in [0.1, 0.15) is 0 Å². The number of pyridine rings is 1. The van der Waals surface area contributed by atoms with Gasteiger partial charge in [0.2, 0.25) is 5.88 Å². The number of hydrogen-bond donors (Lipinski definition) is 0. The molecular weight excluding hydrogens is 379 g/mol. The van der Waals surface area contributed by atoms with Crippen LogP contribution in [-0.4, -0.2) is 35.8 Å². The summed E-state index contributed by atoms with van der Waals surface area (Å²) in [5.41, 5.74) is -5.81. The highest BCUT2D eigenvalue weighted by Crippen LogP contribution is 2.31. The second kappa shape index (κ2) is 6.27. The first-order chi connectivity index (χ1) is 12.1. The molecule has 1 aliphatic rings. The molecule has 3 rings (SSSR count). The molecule has 2 aromatic heterocycles. The van der Waals surface area contributed by atoms with E-state index in [4.69, 9.17) is 4.74 Å². The van der Waals surface area contributed by atoms with Crippen molar-refractivity contribution >= 4 is 10.1 Å². The van der Waals surface area contributed by atoms with Crippen LogP contribution in [0.5, 0.6) is 11.8 Å². The number of halogens is 3. The van der Waals surface area contributed by atoms with Crippen molar-refractivity contribution in [1.29, 1.82) is 0 Å². The number of methoxy groups -OCH3 is 1. The Balaban J connectivity index is 2.14. The summed E-state index contributed by atoms with van der Waals surface area (Å²) >= 11 is 0. The van der Waals surface area contributed by atoms with Gasteiger partial charge in [0, 0.05) is 17.2 Å². The standard InChI is InChI=1S/C14H12F3N3O5S/c1-24-11-6-5-8(7-18-11)20-13(21)10-4-2-3-9(10)12(19-20)25-26(22,23)14(15,16)17/h5-7H,2-4H2,1H3. The van der Waals surface area contributed by atoms with E-state index in [1.807, 2.05) is 0 Å². The van der Waals surface area contributed by atoms with Crippen molar-refractivity contribution in [3.8, 4) is 17.4 Å². The number of fused-ring (bicyclic) bond motifs is 1. The lowest BCUT2D eigenvalue weighted by molar-refractivity contribution is -0.0502. The molecule has 0 fully saturated rings. The van der Waals surface area contributed by atoms with Crippen molar-refractivity contribution in [3.63, 3.8) is 0 Å². The van der Waals surface area contributed by atoms with E-state index >= 15 is 0 Å². The smallest absolute Gasteiger partial charge is 0.481 e. The van der Waals surface area contributed by atoms with E-state index in [-0.39, 0.29) is 35.5 Å². The highest BCUT2D eigenvalue weighted by molar-refractivity contribution is 7.87. The van der Waals surface area contributed by atoms with E-state index in [2.05, 4.69) is 14.3 Å². The largest absolute Gasteiger partial charge is 0.534 e. The minimum Gasteiger partial charge on any atom is -0.481 e. The zero-order chi connectivity index (χ0) is 19.1. The van der Waals surface area contributed by atoms with E-state index in [0.29, 0.717) is 6.42 Å². The Kier molecular flexibility index (Phi) is 4.38. The van der Waals surface area contributed by atoms with Gasteiger partial charge in [0.25, 0.3) is 11.4 Å². The summed E-state index contributed by atoms with van der Waals surface area (Å²) in [4.78, 5) is 16.4. The monoisotopic (exact) mass is 391 g/mol. The zero-order valence-electron chi connectivity index (χ0n) is 13.3. The molecule has 0 unspecified atom stereocenters. The highest BCUT2D eigenvalue weighted by Gasteiger charge is 2.49. The molecular formula is C14H12F3N3O5S. The van der Waals surface area contributed by atoms with Crippen LogP contribution in [0.2, 0.25) is 0 Å². The molecule has 26 heavy (non-hydrogen) atoms. The van der Waals surface area contributed by atoms with Crippen LogP contribution in [0.15, 0.2) is 23.1 Å². The van der Waals surface area contributed by atoms with Gasteiger partial charge in [-0.15, -0.1) is 5.10 Å². The third kappa shape index (κ3) is 3.11. The van der Waals surface area contributed by atoms with Crippen molar-refractivity contribution < 1.29 is 30.5 Å². The van der Waals surface area contributed by atoms with E-state index in [1.54, 1.807) is 0 Å². The first kappa shape index (κ1) is 18.2. The van der Waals surface area contributed by atoms with Crippen LogP contribution in [-0.2, 0) is 23.0 Å². The van der Waals surface area contributed by atoms with Gasteiger partial charge in [0.05, 0.1) is 19.0 Å². The summed E-state index contributed by atoms with van der Waals surface area (Å²) in [6, 6.07) is 2.83. The summed E-state index contributed by atoms with van der Waals surface area (Å²) in [6.45, 7) is 0. The van der Waals surface area contributed by atoms with Crippen molar-refractivity contribution in [1.82, 2.24) is 14.8 Å². The molecule has 0 atom stereocenters. The molecule has 0 radical (unpaired) electrons. The Labute approximate surface area is 145 Å². The maximum absolute atomic E-state index is 12.6. The minimum atomic E-state index is -5.91. The van der Waals surface area contributed by atoms with Gasteiger partial charge < -0.3 is 8.92 Å². The van der Waals surface area contributed by atoms with Gasteiger partial charge in [-0.2, -0.15) is 26.3 Å². The van der Waals surface area contributed by atoms with Crippen molar-refractivity contribution in [3.05, 3.63) is 39.8 Å². The SMILES string of the molecule is COc1ccc(-n2nc(OS(=O)(=O)C(F)(F)F)c3c(c2=O)CCC3)cn1. The summed E-state index contributed by atoms with van der Waals surface area (Å²) in [7, 11) is -4.52. The quantitative estimate of drug-likeness (QED) is 0.573. The fraction of sp³-hybridized carbons (Fsp3) is 0.357. The van der Waals surface area contributed by atoms with E-state index in [9.17, 15) is 26.4 Å². The molecule has 0 bridgehead atoms. The average Bonchev–Trinajstić information content (AvgIpc) is 3.07. The highest BCUT2D eigenvalue weighted by atomic mass is 32.2. The lowest BCUT2D eigenvalue weighted by Crippen LogP contribution is -2.31. The molecule has 12 heteroatoms. The van der Waals surface area contributed by atoms with Crippen LogP contribution in [0.25, 0.3) is 5.69 Å². The molecule has 0 amide bonds. The molecule has 0 saturated heterocycles. The van der Waals surface area contributed by atoms with Crippen LogP contribution in [0.4, 0.5) is 13.2 Å². The van der Waals surface area contributed by atoms with Crippen molar-refractivity contribution in [2.24, 2.45) is 0 Å². The Hall–Kier alpha value is -2.63. The van der Waals surface area contributed by atoms with Crippen LogP contribution in [0.1, 0.15) is 17.5 Å². The Morgan fingerprint density at radius 2 is 1.88 bits per heavy atom. The normalized spacial score (nSPS) is 14.2. The summed E-state index contributed by atoms with van der Waals surface area (Å²) in [5.74, 6) is -0.510. The molecule has 140 valence electrons. The molecule has 0 N–H and O–H groups in total. The first-order valence-corrected chi connectivity index (χ1v) is 8.71. The molecule has 0 spiro atoms. The fourth-order valence-electron chi connectivity index (χ4n) is 2.55. The number of alkyl halides is 3. The Morgan fingerprint density at radius 3 is 2.46 bits per heavy atom. The molecule has 2 aromatic rings. The van der Waals surface area contributed by atoms with Gasteiger partial charge in [0.15, 0.2) is 0 Å². The van der Waals surface area contributed by atoms with Gasteiger partial charge in [-0.3, -0.25) is 4.79 Å². The molecule has 8 nitrogen and oxygen atoms in total. The maximum atomic E-state index is 12.6. The second-order valence-corrected chi connectivity index (χ2v) is 6.91. The fourth-order valence-corrected chi connectivity index (χ4v) is 2.99. The van der Waals surface area contributed by atoms with Gasteiger partial charge in [-0.25, -0.2) is 4.98 Å². The molecule has 2 heterocycles. The molecule has 0 saturated carbocycles. The second-order valence-electron chi connectivity index (χ2n) is 5.37. The Morgan fingerprint density at radius 1 is 1.19 bits per heavy atom. The third-order valence-corrected chi connectivity index (χ3v) is 4.71. The third-order valence-electron chi connectivity index (χ3n) is 3.76. The van der Waals surface area contributed by atoms with Crippen molar-refractivity contribution in [2.75, 3.05) is 7.11 Å². The summed E-state index contributed by atoms with van der Waals surface area (Å²) < 4.78 is 70.4. The lowest BCUT2D eigenvalue weighted by atomic mass is 10.2. The van der Waals surface area contributed by atoms with Gasteiger partial charge >= 0.3 is 15.6 Å². The zero-order valence-corrected chi connectivity index (χ0v) is 14.1. The Bertz CT molecular complexity index is 1000. The number of ether oxygens (including phenoxy) is 1. The van der Waals surface area contributed by atoms with E-state index < -0.39 is 27.1 Å². The van der Waals surface area contributed by atoms with Crippen LogP contribution < -0.4 is 14.5 Å². The summed E-state index contributed by atoms with van der Waals surface area (Å²) in [6.07, 6.45) is 2.17. The minimum absolute atomic E-state index is 0.0699. The molecule has 1 aliphatic carbocycles. The number of rotatable bonds is 4. The topological polar surface area (TPSA) is 100 Å². The van der Waals surface area contributed by atoms with E-state index in [0.717, 1.165) is 4.68 Å². The predicted molar refractivity (Wildman–Crippen MR) is 81.8 cm³/mol. The molecule has 0 aromatic carbocycles. The van der Waals surface area contributed by atoms with Gasteiger partial charge in [-0.1, -0.05) is 0 Å². The predicted octanol–water partition coefficient (Wildman–Crippen LogP) is 1.35. The van der Waals surface area contributed by atoms with E-state index in [1.165, 1.54) is 25.4 Å². The average molecular weight is 391 g/mol. The van der Waals surface area contributed by atoms with Crippen LogP contribution in [0.3, 0.4) is 0 Å². The summed E-state index contributed by atoms with van der Waals surface area (Å²) in [5, 5.41) is 3.69. The van der Waals surface area contributed by atoms with Crippen LogP contribution in [0, 0.1) is 0 Å². The number of hydrogen-bond acceptors (Lipinski definition) is 7. The molecule has 0 aliphatic heterocycles. The van der Waals surface area contributed by atoms with Crippen molar-refractivity contribution in [2.45, 2.75) is 24.8 Å². The van der Waals surface area contributed by atoms with Gasteiger partial charge in [-0.05, 0) is 25.3 Å². The number of nitrogens with zero attached hydrogens (tertiary/aromatic N) is 3. The lowest BCUT2D eigenvalue weighted by Gasteiger charge is -2.14. The number of aromatic nitrogens is 3. The van der Waals surface area contributed by atoms with Crippen LogP contribution >= 0.6 is 0 Å².